The lowest BCUT2D eigenvalue weighted by Crippen LogP contribution is -2.15. The first kappa shape index (κ1) is 26.3. The van der Waals surface area contributed by atoms with Crippen LogP contribution in [0.2, 0.25) is 0 Å². The molecule has 0 radical (unpaired) electrons. The van der Waals surface area contributed by atoms with Crippen LogP contribution in [0.1, 0.15) is 87.8 Å². The quantitative estimate of drug-likeness (QED) is 0.272. The van der Waals surface area contributed by atoms with Crippen molar-refractivity contribution < 1.29 is 17.9 Å². The van der Waals surface area contributed by atoms with Crippen molar-refractivity contribution in [1.29, 1.82) is 0 Å². The van der Waals surface area contributed by atoms with Crippen LogP contribution in [0.4, 0.5) is 13.2 Å². The second-order valence-corrected chi connectivity index (χ2v) is 10.2. The molecule has 0 heterocycles. The Bertz CT molecular complexity index is 1130. The zero-order valence-corrected chi connectivity index (χ0v) is 21.5. The summed E-state index contributed by atoms with van der Waals surface area (Å²) in [7, 11) is 0. The molecule has 0 aromatic heterocycles. The van der Waals surface area contributed by atoms with Gasteiger partial charge in [0.2, 0.25) is 0 Å². The van der Waals surface area contributed by atoms with Gasteiger partial charge in [-0.2, -0.15) is 0 Å². The van der Waals surface area contributed by atoms with Gasteiger partial charge in [0.1, 0.15) is 6.61 Å². The van der Waals surface area contributed by atoms with E-state index in [1.165, 1.54) is 18.9 Å². The molecule has 0 unspecified atom stereocenters. The highest BCUT2D eigenvalue weighted by atomic mass is 19.2. The maximum atomic E-state index is 15.1. The number of hydrogen-bond donors (Lipinski definition) is 0. The number of aryl methyl sites for hydroxylation is 1. The lowest BCUT2D eigenvalue weighted by Gasteiger charge is -2.29. The average molecular weight is 495 g/mol. The van der Waals surface area contributed by atoms with E-state index in [1.807, 2.05) is 18.2 Å². The SMILES string of the molecule is CCCCc1ccc(OCc2ccc(-c3ccc(C4CCC(CCC)CC4)c(F)c3F)cc2)c(F)c1. The van der Waals surface area contributed by atoms with Crippen LogP contribution < -0.4 is 4.74 Å². The summed E-state index contributed by atoms with van der Waals surface area (Å²) in [5.41, 5.74) is 3.18. The third-order valence-corrected chi connectivity index (χ3v) is 7.57. The van der Waals surface area contributed by atoms with E-state index in [4.69, 9.17) is 4.74 Å². The van der Waals surface area contributed by atoms with Crippen LogP contribution in [0.3, 0.4) is 0 Å². The van der Waals surface area contributed by atoms with Gasteiger partial charge in [-0.25, -0.2) is 13.2 Å². The summed E-state index contributed by atoms with van der Waals surface area (Å²) in [6.07, 6.45) is 9.40. The molecule has 4 rings (SSSR count). The summed E-state index contributed by atoms with van der Waals surface area (Å²) in [5.74, 6) is -0.817. The Morgan fingerprint density at radius 2 is 1.50 bits per heavy atom. The Hall–Kier alpha value is -2.75. The first-order valence-electron chi connectivity index (χ1n) is 13.5. The molecule has 1 saturated carbocycles. The van der Waals surface area contributed by atoms with Crippen molar-refractivity contribution in [2.24, 2.45) is 5.92 Å². The van der Waals surface area contributed by atoms with Crippen molar-refractivity contribution in [3.8, 4) is 16.9 Å². The molecule has 1 fully saturated rings. The summed E-state index contributed by atoms with van der Waals surface area (Å²) in [5, 5.41) is 0. The van der Waals surface area contributed by atoms with Crippen molar-refractivity contribution in [2.75, 3.05) is 0 Å². The zero-order chi connectivity index (χ0) is 25.5. The lowest BCUT2D eigenvalue weighted by molar-refractivity contribution is 0.290. The first-order chi connectivity index (χ1) is 17.5. The molecule has 1 nitrogen and oxygen atoms in total. The van der Waals surface area contributed by atoms with Gasteiger partial charge in [-0.05, 0) is 84.7 Å². The monoisotopic (exact) mass is 494 g/mol. The Kier molecular flexibility index (Phi) is 9.12. The fourth-order valence-corrected chi connectivity index (χ4v) is 5.41. The number of rotatable bonds is 10. The van der Waals surface area contributed by atoms with E-state index < -0.39 is 11.6 Å². The Morgan fingerprint density at radius 1 is 0.778 bits per heavy atom. The van der Waals surface area contributed by atoms with Crippen molar-refractivity contribution in [3.05, 3.63) is 88.7 Å². The second-order valence-electron chi connectivity index (χ2n) is 10.2. The highest BCUT2D eigenvalue weighted by Crippen LogP contribution is 2.40. The molecule has 3 aromatic rings. The van der Waals surface area contributed by atoms with Gasteiger partial charge < -0.3 is 4.74 Å². The third kappa shape index (κ3) is 6.32. The summed E-state index contributed by atoms with van der Waals surface area (Å²) in [6.45, 7) is 4.51. The van der Waals surface area contributed by atoms with Crippen molar-refractivity contribution in [1.82, 2.24) is 0 Å². The largest absolute Gasteiger partial charge is 0.486 e. The summed E-state index contributed by atoms with van der Waals surface area (Å²) in [6, 6.07) is 15.7. The second kappa shape index (κ2) is 12.5. The topological polar surface area (TPSA) is 9.23 Å². The molecule has 0 spiro atoms. The van der Waals surface area contributed by atoms with Crippen LogP contribution in [-0.2, 0) is 13.0 Å². The summed E-state index contributed by atoms with van der Waals surface area (Å²) >= 11 is 0. The smallest absolute Gasteiger partial charge is 0.166 e. The van der Waals surface area contributed by atoms with E-state index in [-0.39, 0.29) is 29.7 Å². The molecule has 0 amide bonds. The van der Waals surface area contributed by atoms with Crippen LogP contribution in [0.5, 0.6) is 5.75 Å². The summed E-state index contributed by atoms with van der Waals surface area (Å²) < 4.78 is 50.2. The maximum Gasteiger partial charge on any atom is 0.166 e. The minimum absolute atomic E-state index is 0.0993. The normalized spacial score (nSPS) is 17.8. The van der Waals surface area contributed by atoms with Gasteiger partial charge >= 0.3 is 0 Å². The highest BCUT2D eigenvalue weighted by molar-refractivity contribution is 5.65. The molecule has 1 aliphatic rings. The molecule has 0 bridgehead atoms. The predicted molar refractivity (Wildman–Crippen MR) is 141 cm³/mol. The van der Waals surface area contributed by atoms with E-state index in [1.54, 1.807) is 30.3 Å². The maximum absolute atomic E-state index is 15.1. The van der Waals surface area contributed by atoms with Gasteiger partial charge in [0, 0.05) is 5.56 Å². The van der Waals surface area contributed by atoms with Gasteiger partial charge in [0.05, 0.1) is 0 Å². The van der Waals surface area contributed by atoms with Gasteiger partial charge in [0.25, 0.3) is 0 Å². The molecule has 0 N–H and O–H groups in total. The van der Waals surface area contributed by atoms with E-state index in [9.17, 15) is 4.39 Å². The lowest BCUT2D eigenvalue weighted by atomic mass is 9.77. The van der Waals surface area contributed by atoms with Crippen LogP contribution in [-0.4, -0.2) is 0 Å². The number of ether oxygens (including phenoxy) is 1. The van der Waals surface area contributed by atoms with E-state index in [0.29, 0.717) is 11.1 Å². The van der Waals surface area contributed by atoms with Crippen LogP contribution in [0.25, 0.3) is 11.1 Å². The molecular formula is C32H37F3O. The zero-order valence-electron chi connectivity index (χ0n) is 21.5. The van der Waals surface area contributed by atoms with Gasteiger partial charge in [0.15, 0.2) is 23.2 Å². The number of benzene rings is 3. The van der Waals surface area contributed by atoms with Crippen LogP contribution in [0.15, 0.2) is 54.6 Å². The molecule has 0 aliphatic heterocycles. The number of hydrogen-bond acceptors (Lipinski definition) is 1. The molecule has 1 aliphatic carbocycles. The molecule has 36 heavy (non-hydrogen) atoms. The fourth-order valence-electron chi connectivity index (χ4n) is 5.41. The molecule has 3 aromatic carbocycles. The Balaban J connectivity index is 1.39. The van der Waals surface area contributed by atoms with E-state index >= 15 is 8.78 Å². The molecule has 0 saturated heterocycles. The minimum atomic E-state index is -0.780. The van der Waals surface area contributed by atoms with E-state index in [0.717, 1.165) is 62.0 Å². The van der Waals surface area contributed by atoms with Gasteiger partial charge in [-0.1, -0.05) is 75.6 Å². The third-order valence-electron chi connectivity index (χ3n) is 7.57. The van der Waals surface area contributed by atoms with Gasteiger partial charge in [-0.3, -0.25) is 0 Å². The average Bonchev–Trinajstić information content (AvgIpc) is 2.90. The Labute approximate surface area is 213 Å². The standard InChI is InChI=1S/C32H37F3O/c1-3-5-7-23-12-19-30(29(33)20-23)36-21-24-10-15-26(16-11-24)28-18-17-27(31(34)32(28)35)25-13-8-22(6-4-2)9-14-25/h10-12,15-20,22,25H,3-9,13-14,21H2,1-2H3. The highest BCUT2D eigenvalue weighted by Gasteiger charge is 2.26. The predicted octanol–water partition coefficient (Wildman–Crippen LogP) is 9.77. The first-order valence-corrected chi connectivity index (χ1v) is 13.5. The van der Waals surface area contributed by atoms with Crippen LogP contribution >= 0.6 is 0 Å². The van der Waals surface area contributed by atoms with Crippen molar-refractivity contribution >= 4 is 0 Å². The van der Waals surface area contributed by atoms with Crippen molar-refractivity contribution in [3.63, 3.8) is 0 Å². The molecule has 4 heteroatoms. The Morgan fingerprint density at radius 3 is 2.17 bits per heavy atom. The number of halogens is 3. The number of unbranched alkanes of at least 4 members (excludes halogenated alkanes) is 1. The molecular weight excluding hydrogens is 457 g/mol. The van der Waals surface area contributed by atoms with Crippen LogP contribution in [0, 0.1) is 23.4 Å². The molecule has 0 atom stereocenters. The van der Waals surface area contributed by atoms with Crippen molar-refractivity contribution in [2.45, 2.75) is 84.2 Å². The summed E-state index contributed by atoms with van der Waals surface area (Å²) in [4.78, 5) is 0. The van der Waals surface area contributed by atoms with E-state index in [2.05, 4.69) is 13.8 Å². The van der Waals surface area contributed by atoms with Gasteiger partial charge in [-0.15, -0.1) is 0 Å². The fraction of sp³-hybridized carbons (Fsp3) is 0.438. The molecule has 192 valence electrons. The minimum Gasteiger partial charge on any atom is -0.486 e.